The van der Waals surface area contributed by atoms with E-state index in [1.165, 1.54) is 12.1 Å². The van der Waals surface area contributed by atoms with Gasteiger partial charge in [-0.1, -0.05) is 76.1 Å². The molecule has 2 N–H and O–H groups in total. The van der Waals surface area contributed by atoms with Crippen molar-refractivity contribution < 1.29 is 17.9 Å². The monoisotopic (exact) mass is 584 g/mol. The summed E-state index contributed by atoms with van der Waals surface area (Å²) in [6.07, 6.45) is 0.137. The molecule has 184 valence electrons. The quantitative estimate of drug-likeness (QED) is 0.237. The number of para-hydroxylation sites is 1. The van der Waals surface area contributed by atoms with Crippen molar-refractivity contribution in [3.05, 3.63) is 118 Å². The summed E-state index contributed by atoms with van der Waals surface area (Å²) in [6.45, 7) is 0. The molecule has 9 heteroatoms. The summed E-state index contributed by atoms with van der Waals surface area (Å²) < 4.78 is 35.4. The van der Waals surface area contributed by atoms with Gasteiger partial charge in [0.1, 0.15) is 11.8 Å². The van der Waals surface area contributed by atoms with Crippen LogP contribution in [0.1, 0.15) is 5.56 Å². The second-order valence-corrected chi connectivity index (χ2v) is 10.9. The third kappa shape index (κ3) is 6.95. The van der Waals surface area contributed by atoms with Gasteiger partial charge in [-0.05, 0) is 66.6 Å². The summed E-state index contributed by atoms with van der Waals surface area (Å²) in [5, 5.41) is 3.18. The lowest BCUT2D eigenvalue weighted by atomic mass is 10.1. The molecule has 0 spiro atoms. The number of sulfonamides is 1. The summed E-state index contributed by atoms with van der Waals surface area (Å²) in [5.41, 5.74) is 1.11. The minimum Gasteiger partial charge on any atom is -0.455 e. The van der Waals surface area contributed by atoms with Crippen molar-refractivity contribution >= 4 is 49.1 Å². The summed E-state index contributed by atoms with van der Waals surface area (Å²) in [6, 6.07) is 28.2. The van der Waals surface area contributed by atoms with Crippen molar-refractivity contribution in [2.45, 2.75) is 17.4 Å². The van der Waals surface area contributed by atoms with Gasteiger partial charge in [0.2, 0.25) is 15.9 Å². The Balaban J connectivity index is 1.62. The number of hydrogen-bond donors (Lipinski definition) is 2. The van der Waals surface area contributed by atoms with Crippen LogP contribution in [0.2, 0.25) is 5.02 Å². The van der Waals surface area contributed by atoms with Crippen LogP contribution in [0.25, 0.3) is 0 Å². The van der Waals surface area contributed by atoms with E-state index in [1.807, 2.05) is 48.5 Å². The van der Waals surface area contributed by atoms with E-state index in [2.05, 4.69) is 26.0 Å². The van der Waals surface area contributed by atoms with Crippen LogP contribution in [0.4, 0.5) is 5.69 Å². The Bertz CT molecular complexity index is 1430. The minimum absolute atomic E-state index is 0.0485. The number of benzene rings is 4. The highest BCUT2D eigenvalue weighted by Gasteiger charge is 2.27. The molecular weight excluding hydrogens is 564 g/mol. The predicted octanol–water partition coefficient (Wildman–Crippen LogP) is 6.42. The topological polar surface area (TPSA) is 84.5 Å². The lowest BCUT2D eigenvalue weighted by Gasteiger charge is -2.20. The average molecular weight is 586 g/mol. The first kappa shape index (κ1) is 25.9. The van der Waals surface area contributed by atoms with E-state index in [4.69, 9.17) is 16.3 Å². The van der Waals surface area contributed by atoms with Gasteiger partial charge in [-0.25, -0.2) is 8.42 Å². The van der Waals surface area contributed by atoms with E-state index >= 15 is 0 Å². The van der Waals surface area contributed by atoms with E-state index in [1.54, 1.807) is 42.5 Å². The Morgan fingerprint density at radius 1 is 0.889 bits per heavy atom. The van der Waals surface area contributed by atoms with Crippen molar-refractivity contribution in [2.75, 3.05) is 5.32 Å². The van der Waals surface area contributed by atoms with Gasteiger partial charge in [-0.3, -0.25) is 4.79 Å². The summed E-state index contributed by atoms with van der Waals surface area (Å²) >= 11 is 9.49. The van der Waals surface area contributed by atoms with Crippen molar-refractivity contribution in [3.63, 3.8) is 0 Å². The lowest BCUT2D eigenvalue weighted by Crippen LogP contribution is -2.45. The fraction of sp³-hybridized carbons (Fsp3) is 0.0741. The third-order valence-electron chi connectivity index (χ3n) is 5.19. The van der Waals surface area contributed by atoms with Crippen molar-refractivity contribution in [1.82, 2.24) is 4.72 Å². The maximum atomic E-state index is 13.5. The fourth-order valence-corrected chi connectivity index (χ4v) is 5.06. The van der Waals surface area contributed by atoms with Gasteiger partial charge in [0, 0.05) is 9.50 Å². The van der Waals surface area contributed by atoms with Crippen molar-refractivity contribution in [2.24, 2.45) is 0 Å². The number of nitrogens with one attached hydrogen (secondary N) is 2. The molecule has 0 aromatic heterocycles. The number of anilines is 1. The Morgan fingerprint density at radius 3 is 2.19 bits per heavy atom. The number of ether oxygens (including phenoxy) is 1. The van der Waals surface area contributed by atoms with E-state index in [-0.39, 0.29) is 11.3 Å². The zero-order chi connectivity index (χ0) is 25.5. The van der Waals surface area contributed by atoms with E-state index in [9.17, 15) is 13.2 Å². The second-order valence-electron chi connectivity index (χ2n) is 7.86. The van der Waals surface area contributed by atoms with Gasteiger partial charge in [0.15, 0.2) is 5.75 Å². The summed E-state index contributed by atoms with van der Waals surface area (Å²) in [5.74, 6) is 0.389. The Morgan fingerprint density at radius 2 is 1.53 bits per heavy atom. The molecule has 36 heavy (non-hydrogen) atoms. The molecule has 0 heterocycles. The second kappa shape index (κ2) is 11.7. The van der Waals surface area contributed by atoms with Crippen LogP contribution < -0.4 is 14.8 Å². The maximum Gasteiger partial charge on any atom is 0.243 e. The van der Waals surface area contributed by atoms with E-state index in [0.717, 1.165) is 10.0 Å². The number of carbonyl (C=O) groups excluding carboxylic acids is 1. The molecule has 0 saturated heterocycles. The molecule has 4 aromatic carbocycles. The number of rotatable bonds is 9. The van der Waals surface area contributed by atoms with Crippen LogP contribution in [-0.2, 0) is 21.2 Å². The van der Waals surface area contributed by atoms with Crippen LogP contribution in [0, 0.1) is 0 Å². The zero-order valence-corrected chi connectivity index (χ0v) is 22.1. The molecule has 4 rings (SSSR count). The number of carbonyl (C=O) groups is 1. The largest absolute Gasteiger partial charge is 0.455 e. The number of hydrogen-bond acceptors (Lipinski definition) is 4. The normalized spacial score (nSPS) is 12.1. The molecule has 0 aliphatic heterocycles. The highest BCUT2D eigenvalue weighted by atomic mass is 79.9. The molecule has 6 nitrogen and oxygen atoms in total. The average Bonchev–Trinajstić information content (AvgIpc) is 2.87. The van der Waals surface area contributed by atoms with Crippen LogP contribution >= 0.6 is 27.5 Å². The fourth-order valence-electron chi connectivity index (χ4n) is 3.43. The van der Waals surface area contributed by atoms with Gasteiger partial charge in [0.05, 0.1) is 10.6 Å². The SMILES string of the molecule is O=C(Nc1cc(Cl)ccc1Oc1ccccc1)[C@H](Cc1ccccc1)NS(=O)(=O)c1ccc(Br)cc1. The zero-order valence-electron chi connectivity index (χ0n) is 18.9. The predicted molar refractivity (Wildman–Crippen MR) is 145 cm³/mol. The molecule has 0 bridgehead atoms. The Kier molecular flexibility index (Phi) is 8.43. The molecule has 0 fully saturated rings. The van der Waals surface area contributed by atoms with Gasteiger partial charge in [-0.2, -0.15) is 4.72 Å². The Hall–Kier alpha value is -3.17. The molecule has 1 amide bonds. The van der Waals surface area contributed by atoms with Crippen molar-refractivity contribution in [3.8, 4) is 11.5 Å². The first-order valence-electron chi connectivity index (χ1n) is 11.0. The highest BCUT2D eigenvalue weighted by Crippen LogP contribution is 2.32. The number of amides is 1. The molecule has 4 aromatic rings. The van der Waals surface area contributed by atoms with Gasteiger partial charge >= 0.3 is 0 Å². The first-order valence-corrected chi connectivity index (χ1v) is 13.6. The number of halogens is 2. The summed E-state index contributed by atoms with van der Waals surface area (Å²) in [7, 11) is -3.99. The molecule has 0 radical (unpaired) electrons. The van der Waals surface area contributed by atoms with E-state index in [0.29, 0.717) is 22.2 Å². The molecule has 0 saturated carbocycles. The molecular formula is C27H22BrClN2O4S. The standard InChI is InChI=1S/C27H22BrClN2O4S/c28-20-11-14-23(15-12-20)36(33,34)31-25(17-19-7-3-1-4-8-19)27(32)30-24-18-21(29)13-16-26(24)35-22-9-5-2-6-10-22/h1-16,18,25,31H,17H2,(H,30,32)/t25-/m0/s1. The van der Waals surface area contributed by atoms with Crippen molar-refractivity contribution in [1.29, 1.82) is 0 Å². The first-order chi connectivity index (χ1) is 17.3. The minimum atomic E-state index is -3.99. The van der Waals surface area contributed by atoms with Gasteiger partial charge in [0.25, 0.3) is 0 Å². The molecule has 0 aliphatic rings. The van der Waals surface area contributed by atoms with Crippen LogP contribution in [0.3, 0.4) is 0 Å². The van der Waals surface area contributed by atoms with Crippen LogP contribution in [-0.4, -0.2) is 20.4 Å². The highest BCUT2D eigenvalue weighted by molar-refractivity contribution is 9.10. The van der Waals surface area contributed by atoms with Crippen LogP contribution in [0.15, 0.2) is 112 Å². The summed E-state index contributed by atoms with van der Waals surface area (Å²) in [4.78, 5) is 13.5. The Labute approximate surface area is 223 Å². The third-order valence-corrected chi connectivity index (χ3v) is 7.44. The van der Waals surface area contributed by atoms with E-state index < -0.39 is 22.0 Å². The molecule has 1 atom stereocenters. The van der Waals surface area contributed by atoms with Gasteiger partial charge in [-0.15, -0.1) is 0 Å². The lowest BCUT2D eigenvalue weighted by molar-refractivity contribution is -0.117. The van der Waals surface area contributed by atoms with Gasteiger partial charge < -0.3 is 10.1 Å². The maximum absolute atomic E-state index is 13.5. The molecule has 0 aliphatic carbocycles. The van der Waals surface area contributed by atoms with Crippen LogP contribution in [0.5, 0.6) is 11.5 Å². The smallest absolute Gasteiger partial charge is 0.243 e. The molecule has 0 unspecified atom stereocenters.